The fourth-order valence-corrected chi connectivity index (χ4v) is 2.84. The molecule has 0 aliphatic carbocycles. The summed E-state index contributed by atoms with van der Waals surface area (Å²) in [5, 5.41) is 0. The van der Waals surface area contributed by atoms with Crippen molar-refractivity contribution < 1.29 is 14.3 Å². The number of carbonyl (C=O) groups excluding carboxylic acids is 1. The minimum absolute atomic E-state index is 0.000880. The van der Waals surface area contributed by atoms with Gasteiger partial charge in [-0.15, -0.1) is 0 Å². The Morgan fingerprint density at radius 3 is 2.62 bits per heavy atom. The summed E-state index contributed by atoms with van der Waals surface area (Å²) < 4.78 is 10.8. The molecule has 0 radical (unpaired) electrons. The highest BCUT2D eigenvalue weighted by Gasteiger charge is 2.20. The van der Waals surface area contributed by atoms with E-state index in [1.54, 1.807) is 7.11 Å². The van der Waals surface area contributed by atoms with Gasteiger partial charge in [-0.2, -0.15) is 0 Å². The quantitative estimate of drug-likeness (QED) is 0.807. The average molecular weight is 282 g/mol. The van der Waals surface area contributed by atoms with E-state index in [0.717, 1.165) is 16.7 Å². The number of rotatable bonds is 3. The molecule has 3 nitrogen and oxygen atoms in total. The Bertz CT molecular complexity index is 717. The van der Waals surface area contributed by atoms with E-state index in [0.29, 0.717) is 30.1 Å². The molecule has 2 aromatic rings. The van der Waals surface area contributed by atoms with Gasteiger partial charge in [0.1, 0.15) is 5.75 Å². The molecule has 1 aliphatic heterocycles. The number of carbonyl (C=O) groups is 1. The van der Waals surface area contributed by atoms with Crippen molar-refractivity contribution >= 4 is 5.78 Å². The molecule has 0 aromatic heterocycles. The van der Waals surface area contributed by atoms with E-state index in [-0.39, 0.29) is 5.78 Å². The van der Waals surface area contributed by atoms with Gasteiger partial charge in [-0.05, 0) is 48.2 Å². The van der Waals surface area contributed by atoms with Crippen LogP contribution in [0.15, 0.2) is 30.3 Å². The Hall–Kier alpha value is -2.13. The maximum absolute atomic E-state index is 12.8. The molecular formula is C18H18O3. The maximum Gasteiger partial charge on any atom is 0.197 e. The molecule has 2 aromatic carbocycles. The van der Waals surface area contributed by atoms with E-state index in [1.807, 2.05) is 44.2 Å². The number of methoxy groups -OCH3 is 1. The molecule has 0 spiro atoms. The molecule has 21 heavy (non-hydrogen) atoms. The van der Waals surface area contributed by atoms with Gasteiger partial charge in [0.2, 0.25) is 0 Å². The molecule has 0 N–H and O–H groups in total. The van der Waals surface area contributed by atoms with Gasteiger partial charge in [0.15, 0.2) is 5.78 Å². The second-order valence-electron chi connectivity index (χ2n) is 5.46. The number of ketones is 1. The van der Waals surface area contributed by atoms with Crippen LogP contribution >= 0.6 is 0 Å². The molecule has 1 aliphatic rings. The largest absolute Gasteiger partial charge is 0.496 e. The minimum atomic E-state index is -0.000880. The first-order valence-corrected chi connectivity index (χ1v) is 6.99. The fraction of sp³-hybridized carbons (Fsp3) is 0.278. The zero-order valence-corrected chi connectivity index (χ0v) is 12.5. The van der Waals surface area contributed by atoms with Crippen molar-refractivity contribution in [3.63, 3.8) is 0 Å². The van der Waals surface area contributed by atoms with Gasteiger partial charge < -0.3 is 9.47 Å². The average Bonchev–Trinajstić information content (AvgIpc) is 2.93. The van der Waals surface area contributed by atoms with Crippen LogP contribution in [0.25, 0.3) is 0 Å². The Balaban J connectivity index is 2.06. The van der Waals surface area contributed by atoms with E-state index in [9.17, 15) is 4.79 Å². The normalized spacial score (nSPS) is 13.1. The first-order valence-electron chi connectivity index (χ1n) is 6.99. The van der Waals surface area contributed by atoms with Crippen molar-refractivity contribution in [1.82, 2.24) is 0 Å². The number of benzene rings is 2. The second-order valence-corrected chi connectivity index (χ2v) is 5.46. The summed E-state index contributed by atoms with van der Waals surface area (Å²) in [6.45, 7) is 5.16. The van der Waals surface area contributed by atoms with Crippen LogP contribution in [-0.2, 0) is 18.0 Å². The summed E-state index contributed by atoms with van der Waals surface area (Å²) in [5.41, 5.74) is 5.62. The minimum Gasteiger partial charge on any atom is -0.496 e. The number of fused-ring (bicyclic) bond motifs is 1. The number of ether oxygens (including phenoxy) is 2. The fourth-order valence-electron chi connectivity index (χ4n) is 2.84. The van der Waals surface area contributed by atoms with Crippen LogP contribution in [0, 0.1) is 13.8 Å². The third kappa shape index (κ3) is 2.45. The van der Waals surface area contributed by atoms with Gasteiger partial charge in [0.05, 0.1) is 25.9 Å². The van der Waals surface area contributed by atoms with Crippen molar-refractivity contribution in [3.8, 4) is 5.75 Å². The number of hydrogen-bond donors (Lipinski definition) is 0. The number of hydrogen-bond acceptors (Lipinski definition) is 3. The molecule has 0 bridgehead atoms. The molecule has 1 heterocycles. The summed E-state index contributed by atoms with van der Waals surface area (Å²) in [5.74, 6) is 0.633. The van der Waals surface area contributed by atoms with Crippen LogP contribution in [-0.4, -0.2) is 12.9 Å². The highest BCUT2D eigenvalue weighted by molar-refractivity contribution is 6.11. The van der Waals surface area contributed by atoms with E-state index < -0.39 is 0 Å². The Morgan fingerprint density at radius 1 is 1.10 bits per heavy atom. The van der Waals surface area contributed by atoms with Crippen LogP contribution in [0.3, 0.4) is 0 Å². The monoisotopic (exact) mass is 282 g/mol. The maximum atomic E-state index is 12.8. The summed E-state index contributed by atoms with van der Waals surface area (Å²) in [6, 6.07) is 9.69. The molecule has 0 unspecified atom stereocenters. The molecule has 0 amide bonds. The molecule has 0 saturated carbocycles. The van der Waals surface area contributed by atoms with Crippen LogP contribution in [0.4, 0.5) is 0 Å². The predicted molar refractivity (Wildman–Crippen MR) is 80.8 cm³/mol. The highest BCUT2D eigenvalue weighted by Crippen LogP contribution is 2.28. The van der Waals surface area contributed by atoms with E-state index in [4.69, 9.17) is 9.47 Å². The van der Waals surface area contributed by atoms with E-state index in [1.165, 1.54) is 5.56 Å². The Kier molecular flexibility index (Phi) is 3.52. The molecule has 3 rings (SSSR count). The summed E-state index contributed by atoms with van der Waals surface area (Å²) in [4.78, 5) is 12.8. The van der Waals surface area contributed by atoms with Gasteiger partial charge in [-0.3, -0.25) is 4.79 Å². The van der Waals surface area contributed by atoms with Crippen LogP contribution in [0.2, 0.25) is 0 Å². The summed E-state index contributed by atoms with van der Waals surface area (Å²) >= 11 is 0. The first kappa shape index (κ1) is 13.8. The standard InChI is InChI=1S/C18H18O3/c1-11-6-12(2)17(16(7-11)20-3)18(19)13-4-5-14-9-21-10-15(14)8-13/h4-8H,9-10H2,1-3H3. The van der Waals surface area contributed by atoms with Crippen LogP contribution < -0.4 is 4.74 Å². The molecule has 0 fully saturated rings. The Labute approximate surface area is 124 Å². The Morgan fingerprint density at radius 2 is 1.86 bits per heavy atom. The zero-order valence-electron chi connectivity index (χ0n) is 12.5. The van der Waals surface area contributed by atoms with Crippen molar-refractivity contribution in [2.75, 3.05) is 7.11 Å². The SMILES string of the molecule is COc1cc(C)cc(C)c1C(=O)c1ccc2c(c1)COC2. The van der Waals surface area contributed by atoms with E-state index >= 15 is 0 Å². The first-order chi connectivity index (χ1) is 10.1. The van der Waals surface area contributed by atoms with Gasteiger partial charge in [0, 0.05) is 5.56 Å². The molecule has 0 atom stereocenters. The number of aryl methyl sites for hydroxylation is 2. The smallest absolute Gasteiger partial charge is 0.197 e. The van der Waals surface area contributed by atoms with E-state index in [2.05, 4.69) is 0 Å². The van der Waals surface area contributed by atoms with Crippen molar-refractivity contribution in [3.05, 3.63) is 63.7 Å². The summed E-state index contributed by atoms with van der Waals surface area (Å²) in [7, 11) is 1.60. The van der Waals surface area contributed by atoms with Gasteiger partial charge in [-0.25, -0.2) is 0 Å². The van der Waals surface area contributed by atoms with Crippen molar-refractivity contribution in [2.24, 2.45) is 0 Å². The lowest BCUT2D eigenvalue weighted by Gasteiger charge is -2.12. The predicted octanol–water partition coefficient (Wildman–Crippen LogP) is 3.57. The second kappa shape index (κ2) is 5.34. The zero-order chi connectivity index (χ0) is 15.0. The van der Waals surface area contributed by atoms with Crippen LogP contribution in [0.5, 0.6) is 5.75 Å². The third-order valence-corrected chi connectivity index (χ3v) is 3.87. The molecule has 0 saturated heterocycles. The topological polar surface area (TPSA) is 35.5 Å². The lowest BCUT2D eigenvalue weighted by atomic mass is 9.94. The summed E-state index contributed by atoms with van der Waals surface area (Å²) in [6.07, 6.45) is 0. The lowest BCUT2D eigenvalue weighted by Crippen LogP contribution is -2.07. The highest BCUT2D eigenvalue weighted by atomic mass is 16.5. The van der Waals surface area contributed by atoms with Gasteiger partial charge in [-0.1, -0.05) is 18.2 Å². The lowest BCUT2D eigenvalue weighted by molar-refractivity contribution is 0.103. The third-order valence-electron chi connectivity index (χ3n) is 3.87. The van der Waals surface area contributed by atoms with Crippen molar-refractivity contribution in [1.29, 1.82) is 0 Å². The molecule has 3 heteroatoms. The molecular weight excluding hydrogens is 264 g/mol. The molecule has 108 valence electrons. The van der Waals surface area contributed by atoms with Crippen LogP contribution in [0.1, 0.15) is 38.2 Å². The van der Waals surface area contributed by atoms with Crippen molar-refractivity contribution in [2.45, 2.75) is 27.1 Å². The van der Waals surface area contributed by atoms with Gasteiger partial charge >= 0.3 is 0 Å². The van der Waals surface area contributed by atoms with Gasteiger partial charge in [0.25, 0.3) is 0 Å².